The summed E-state index contributed by atoms with van der Waals surface area (Å²) in [6.45, 7) is 1.76. The molecule has 0 atom stereocenters. The smallest absolute Gasteiger partial charge is 0.266 e. The van der Waals surface area contributed by atoms with Gasteiger partial charge in [0, 0.05) is 30.0 Å². The number of rotatable bonds is 6. The van der Waals surface area contributed by atoms with Crippen LogP contribution < -0.4 is 10.3 Å². The lowest BCUT2D eigenvalue weighted by Gasteiger charge is -2.11. The summed E-state index contributed by atoms with van der Waals surface area (Å²) in [6, 6.07) is 9.29. The van der Waals surface area contributed by atoms with Crippen LogP contribution in [0.3, 0.4) is 0 Å². The maximum atomic E-state index is 12.4. The first-order valence-electron chi connectivity index (χ1n) is 7.71. The molecule has 0 aliphatic carbocycles. The molecule has 0 spiro atoms. The van der Waals surface area contributed by atoms with Gasteiger partial charge in [-0.1, -0.05) is 17.7 Å². The molecule has 1 N–H and O–H groups in total. The molecule has 2 heterocycles. The van der Waals surface area contributed by atoms with Crippen molar-refractivity contribution >= 4 is 21.6 Å². The lowest BCUT2D eigenvalue weighted by atomic mass is 10.2. The van der Waals surface area contributed by atoms with E-state index in [1.54, 1.807) is 43.6 Å². The highest BCUT2D eigenvalue weighted by Crippen LogP contribution is 2.19. The van der Waals surface area contributed by atoms with E-state index < -0.39 is 10.0 Å². The third-order valence-corrected chi connectivity index (χ3v) is 5.49. The number of sulfonamides is 1. The normalized spacial score (nSPS) is 11.6. The quantitative estimate of drug-likeness (QED) is 0.681. The van der Waals surface area contributed by atoms with Gasteiger partial charge in [-0.3, -0.25) is 4.79 Å². The Labute approximate surface area is 155 Å². The van der Waals surface area contributed by atoms with Crippen molar-refractivity contribution in [3.05, 3.63) is 69.7 Å². The molecule has 0 saturated carbocycles. The Balaban J connectivity index is 1.74. The Morgan fingerprint density at radius 1 is 1.23 bits per heavy atom. The van der Waals surface area contributed by atoms with Gasteiger partial charge in [-0.15, -0.1) is 5.10 Å². The molecule has 1 aromatic carbocycles. The predicted molar refractivity (Wildman–Crippen MR) is 97.0 cm³/mol. The summed E-state index contributed by atoms with van der Waals surface area (Å²) in [4.78, 5) is 12.0. The van der Waals surface area contributed by atoms with Crippen molar-refractivity contribution in [3.8, 4) is 5.82 Å². The van der Waals surface area contributed by atoms with Crippen LogP contribution in [0.5, 0.6) is 0 Å². The van der Waals surface area contributed by atoms with E-state index in [9.17, 15) is 13.2 Å². The summed E-state index contributed by atoms with van der Waals surface area (Å²) < 4.78 is 30.0. The second-order valence-electron chi connectivity index (χ2n) is 5.51. The fourth-order valence-electron chi connectivity index (χ4n) is 2.35. The van der Waals surface area contributed by atoms with Crippen LogP contribution in [0.15, 0.2) is 58.5 Å². The van der Waals surface area contributed by atoms with Gasteiger partial charge in [-0.25, -0.2) is 22.5 Å². The van der Waals surface area contributed by atoms with E-state index in [4.69, 9.17) is 11.6 Å². The molecule has 0 amide bonds. The number of nitrogens with one attached hydrogen (secondary N) is 1. The summed E-state index contributed by atoms with van der Waals surface area (Å²) in [6.07, 6.45) is 3.29. The molecule has 0 aliphatic rings. The number of hydrogen-bond donors (Lipinski definition) is 1. The maximum absolute atomic E-state index is 12.4. The van der Waals surface area contributed by atoms with Crippen molar-refractivity contribution in [3.63, 3.8) is 0 Å². The molecular formula is C16H16ClN5O3S. The summed E-state index contributed by atoms with van der Waals surface area (Å²) >= 11 is 5.88. The molecular weight excluding hydrogens is 378 g/mol. The van der Waals surface area contributed by atoms with Crippen LogP contribution in [-0.4, -0.2) is 34.5 Å². The van der Waals surface area contributed by atoms with E-state index in [0.717, 1.165) is 0 Å². The highest BCUT2D eigenvalue weighted by atomic mass is 35.5. The van der Waals surface area contributed by atoms with Crippen molar-refractivity contribution in [2.45, 2.75) is 18.4 Å². The lowest BCUT2D eigenvalue weighted by molar-refractivity contribution is 0.541. The lowest BCUT2D eigenvalue weighted by Crippen LogP contribution is -2.32. The number of aryl methyl sites for hydroxylation is 1. The van der Waals surface area contributed by atoms with Crippen LogP contribution in [0.2, 0.25) is 5.02 Å². The number of aromatic nitrogens is 4. The molecule has 0 fully saturated rings. The van der Waals surface area contributed by atoms with Gasteiger partial charge < -0.3 is 0 Å². The third-order valence-electron chi connectivity index (χ3n) is 3.65. The monoisotopic (exact) mass is 393 g/mol. The van der Waals surface area contributed by atoms with Gasteiger partial charge in [0.15, 0.2) is 5.82 Å². The standard InChI is InChI=1S/C16H16ClN5O3S/c1-12-3-4-13(17)11-14(12)26(24,25)19-8-10-22-16(23)6-5-15(20-22)21-9-2-7-18-21/h2-7,9,11,19H,8,10H2,1H3. The third kappa shape index (κ3) is 4.01. The minimum atomic E-state index is -3.74. The molecule has 136 valence electrons. The number of halogens is 1. The molecule has 26 heavy (non-hydrogen) atoms. The Hall–Kier alpha value is -2.49. The summed E-state index contributed by atoms with van der Waals surface area (Å²) in [7, 11) is -3.74. The van der Waals surface area contributed by atoms with E-state index in [2.05, 4.69) is 14.9 Å². The van der Waals surface area contributed by atoms with Gasteiger partial charge in [-0.05, 0) is 36.8 Å². The highest BCUT2D eigenvalue weighted by molar-refractivity contribution is 7.89. The molecule has 0 radical (unpaired) electrons. The number of nitrogens with zero attached hydrogens (tertiary/aromatic N) is 4. The number of hydrogen-bond acceptors (Lipinski definition) is 5. The summed E-state index contributed by atoms with van der Waals surface area (Å²) in [5.74, 6) is 0.461. The second kappa shape index (κ2) is 7.40. The van der Waals surface area contributed by atoms with E-state index in [1.165, 1.54) is 21.5 Å². The average Bonchev–Trinajstić information content (AvgIpc) is 3.13. The molecule has 3 rings (SSSR count). The molecule has 0 bridgehead atoms. The second-order valence-corrected chi connectivity index (χ2v) is 7.68. The van der Waals surface area contributed by atoms with Crippen molar-refractivity contribution in [2.75, 3.05) is 6.54 Å². The van der Waals surface area contributed by atoms with Crippen molar-refractivity contribution < 1.29 is 8.42 Å². The fourth-order valence-corrected chi connectivity index (χ4v) is 3.88. The van der Waals surface area contributed by atoms with Crippen LogP contribution in [0.4, 0.5) is 0 Å². The Morgan fingerprint density at radius 2 is 2.04 bits per heavy atom. The Morgan fingerprint density at radius 3 is 2.77 bits per heavy atom. The molecule has 0 unspecified atom stereocenters. The Bertz CT molecular complexity index is 1080. The van der Waals surface area contributed by atoms with Gasteiger partial charge in [0.25, 0.3) is 5.56 Å². The summed E-state index contributed by atoms with van der Waals surface area (Å²) in [5, 5.41) is 8.57. The first-order valence-corrected chi connectivity index (χ1v) is 9.57. The van der Waals surface area contributed by atoms with Crippen molar-refractivity contribution in [1.29, 1.82) is 0 Å². The molecule has 8 nitrogen and oxygen atoms in total. The van der Waals surface area contributed by atoms with Crippen LogP contribution in [-0.2, 0) is 16.6 Å². The van der Waals surface area contributed by atoms with Crippen LogP contribution in [0, 0.1) is 6.92 Å². The Kier molecular flexibility index (Phi) is 5.21. The zero-order valence-electron chi connectivity index (χ0n) is 13.8. The minimum Gasteiger partial charge on any atom is -0.268 e. The number of benzene rings is 1. The SMILES string of the molecule is Cc1ccc(Cl)cc1S(=O)(=O)NCCn1nc(-n2cccn2)ccc1=O. The highest BCUT2D eigenvalue weighted by Gasteiger charge is 2.17. The zero-order valence-corrected chi connectivity index (χ0v) is 15.4. The molecule has 2 aromatic heterocycles. The fraction of sp³-hybridized carbons (Fsp3) is 0.188. The predicted octanol–water partition coefficient (Wildman–Crippen LogP) is 1.37. The first-order chi connectivity index (χ1) is 12.4. The van der Waals surface area contributed by atoms with E-state index in [-0.39, 0.29) is 23.5 Å². The van der Waals surface area contributed by atoms with Gasteiger partial charge in [0.1, 0.15) is 0 Å². The van der Waals surface area contributed by atoms with Gasteiger partial charge >= 0.3 is 0 Å². The average molecular weight is 394 g/mol. The van der Waals surface area contributed by atoms with Crippen LogP contribution in [0.1, 0.15) is 5.56 Å². The molecule has 0 saturated heterocycles. The van der Waals surface area contributed by atoms with Crippen molar-refractivity contribution in [2.24, 2.45) is 0 Å². The van der Waals surface area contributed by atoms with Crippen LogP contribution >= 0.6 is 11.6 Å². The molecule has 3 aromatic rings. The maximum Gasteiger partial charge on any atom is 0.266 e. The van der Waals surface area contributed by atoms with E-state index in [1.807, 2.05) is 0 Å². The summed E-state index contributed by atoms with van der Waals surface area (Å²) in [5.41, 5.74) is 0.247. The zero-order chi connectivity index (χ0) is 18.7. The van der Waals surface area contributed by atoms with Crippen LogP contribution in [0.25, 0.3) is 5.82 Å². The topological polar surface area (TPSA) is 98.9 Å². The largest absolute Gasteiger partial charge is 0.268 e. The van der Waals surface area contributed by atoms with Gasteiger partial charge in [-0.2, -0.15) is 5.10 Å². The molecule has 0 aliphatic heterocycles. The minimum absolute atomic E-state index is 0.00372. The van der Waals surface area contributed by atoms with E-state index in [0.29, 0.717) is 16.4 Å². The van der Waals surface area contributed by atoms with Gasteiger partial charge in [0.2, 0.25) is 10.0 Å². The molecule has 10 heteroatoms. The van der Waals surface area contributed by atoms with E-state index >= 15 is 0 Å². The first kappa shape index (κ1) is 18.3. The van der Waals surface area contributed by atoms with Gasteiger partial charge in [0.05, 0.1) is 11.4 Å². The van der Waals surface area contributed by atoms with Crippen molar-refractivity contribution in [1.82, 2.24) is 24.3 Å².